The number of halogens is 1. The van der Waals surface area contributed by atoms with Crippen molar-refractivity contribution in [1.29, 1.82) is 0 Å². The molecule has 2 saturated carbocycles. The third kappa shape index (κ3) is 3.38. The Morgan fingerprint density at radius 1 is 1.27 bits per heavy atom. The molecule has 0 saturated heterocycles. The van der Waals surface area contributed by atoms with E-state index in [9.17, 15) is 13.2 Å². The average Bonchev–Trinajstić information content (AvgIpc) is 2.98. The highest BCUT2D eigenvalue weighted by atomic mass is 35.5. The van der Waals surface area contributed by atoms with Gasteiger partial charge in [-0.3, -0.25) is 9.52 Å². The number of benzene rings is 1. The van der Waals surface area contributed by atoms with Crippen LogP contribution in [0, 0.1) is 11.8 Å². The molecule has 1 amide bonds. The first-order valence-corrected chi connectivity index (χ1v) is 9.67. The van der Waals surface area contributed by atoms with E-state index in [1.165, 1.54) is 25.3 Å². The Bertz CT molecular complexity index is 705. The van der Waals surface area contributed by atoms with Gasteiger partial charge in [-0.25, -0.2) is 8.42 Å². The number of amides is 1. The lowest BCUT2D eigenvalue weighted by atomic mass is 9.95. The number of anilines is 1. The lowest BCUT2D eigenvalue weighted by molar-refractivity contribution is 0.0923. The van der Waals surface area contributed by atoms with Gasteiger partial charge >= 0.3 is 0 Å². The molecule has 0 heterocycles. The topological polar surface area (TPSA) is 75.3 Å². The first kappa shape index (κ1) is 15.6. The van der Waals surface area contributed by atoms with Gasteiger partial charge in [-0.05, 0) is 49.3 Å². The number of carbonyl (C=O) groups is 1. The predicted molar refractivity (Wildman–Crippen MR) is 86.6 cm³/mol. The van der Waals surface area contributed by atoms with Crippen molar-refractivity contribution in [2.45, 2.75) is 31.7 Å². The lowest BCUT2D eigenvalue weighted by Gasteiger charge is -2.23. The van der Waals surface area contributed by atoms with Gasteiger partial charge in [-0.15, -0.1) is 0 Å². The second-order valence-corrected chi connectivity index (χ2v) is 8.48. The minimum atomic E-state index is -3.36. The standard InChI is InChI=1S/C15H19ClN2O3S/c1-22(20,21)18-11-4-5-12(13(16)8-11)15(19)17-14-7-9-2-3-10(14)6-9/h4-5,8-10,14,18H,2-3,6-7H2,1H3,(H,17,19)/t9-,10+,14-/m0/s1. The van der Waals surface area contributed by atoms with E-state index in [-0.39, 0.29) is 17.0 Å². The van der Waals surface area contributed by atoms with Gasteiger partial charge in [0, 0.05) is 11.7 Å². The zero-order valence-corrected chi connectivity index (χ0v) is 13.9. The van der Waals surface area contributed by atoms with E-state index in [1.54, 1.807) is 12.1 Å². The molecular weight excluding hydrogens is 324 g/mol. The molecule has 0 radical (unpaired) electrons. The molecule has 1 aromatic rings. The van der Waals surface area contributed by atoms with Crippen molar-refractivity contribution in [1.82, 2.24) is 5.32 Å². The van der Waals surface area contributed by atoms with Crippen LogP contribution in [0.5, 0.6) is 0 Å². The maximum atomic E-state index is 12.4. The van der Waals surface area contributed by atoms with E-state index in [2.05, 4.69) is 10.0 Å². The fourth-order valence-electron chi connectivity index (χ4n) is 3.64. The van der Waals surface area contributed by atoms with Crippen LogP contribution in [0.4, 0.5) is 5.69 Å². The van der Waals surface area contributed by atoms with Crippen molar-refractivity contribution in [2.75, 3.05) is 11.0 Å². The molecule has 2 N–H and O–H groups in total. The highest BCUT2D eigenvalue weighted by Crippen LogP contribution is 2.44. The number of fused-ring (bicyclic) bond motifs is 2. The zero-order chi connectivity index (χ0) is 15.9. The molecule has 22 heavy (non-hydrogen) atoms. The average molecular weight is 343 g/mol. The highest BCUT2D eigenvalue weighted by Gasteiger charge is 2.40. The van der Waals surface area contributed by atoms with E-state index in [0.29, 0.717) is 17.2 Å². The molecule has 2 fully saturated rings. The molecule has 2 aliphatic rings. The SMILES string of the molecule is CS(=O)(=O)Nc1ccc(C(=O)N[C@H]2C[C@H]3CC[C@@H]2C3)c(Cl)c1. The number of rotatable bonds is 4. The number of carbonyl (C=O) groups excluding carboxylic acids is 1. The van der Waals surface area contributed by atoms with Gasteiger partial charge in [-0.1, -0.05) is 18.0 Å². The molecule has 3 rings (SSSR count). The van der Waals surface area contributed by atoms with Crippen molar-refractivity contribution < 1.29 is 13.2 Å². The molecule has 0 unspecified atom stereocenters. The van der Waals surface area contributed by atoms with Crippen LogP contribution in [0.25, 0.3) is 0 Å². The summed E-state index contributed by atoms with van der Waals surface area (Å²) >= 11 is 6.12. The second kappa shape index (κ2) is 5.74. The summed E-state index contributed by atoms with van der Waals surface area (Å²) in [5, 5.41) is 3.32. The lowest BCUT2D eigenvalue weighted by Crippen LogP contribution is -2.38. The van der Waals surface area contributed by atoms with Gasteiger partial charge in [0.05, 0.1) is 16.8 Å². The Morgan fingerprint density at radius 2 is 2.05 bits per heavy atom. The number of hydrogen-bond donors (Lipinski definition) is 2. The molecule has 2 aliphatic carbocycles. The smallest absolute Gasteiger partial charge is 0.253 e. The third-order valence-electron chi connectivity index (χ3n) is 4.57. The van der Waals surface area contributed by atoms with Crippen molar-refractivity contribution >= 4 is 33.2 Å². The minimum absolute atomic E-state index is 0.187. The van der Waals surface area contributed by atoms with Gasteiger partial charge in [0.2, 0.25) is 10.0 Å². The second-order valence-electron chi connectivity index (χ2n) is 6.32. The van der Waals surface area contributed by atoms with Crippen molar-refractivity contribution in [2.24, 2.45) is 11.8 Å². The Morgan fingerprint density at radius 3 is 2.59 bits per heavy atom. The molecule has 120 valence electrons. The maximum absolute atomic E-state index is 12.4. The van der Waals surface area contributed by atoms with Crippen molar-refractivity contribution in [3.63, 3.8) is 0 Å². The fraction of sp³-hybridized carbons (Fsp3) is 0.533. The van der Waals surface area contributed by atoms with Gasteiger partial charge in [0.15, 0.2) is 0 Å². The van der Waals surface area contributed by atoms with Gasteiger partial charge < -0.3 is 5.32 Å². The summed E-state index contributed by atoms with van der Waals surface area (Å²) in [5.41, 5.74) is 0.729. The minimum Gasteiger partial charge on any atom is -0.349 e. The highest BCUT2D eigenvalue weighted by molar-refractivity contribution is 7.92. The normalized spacial score (nSPS) is 26.9. The van der Waals surface area contributed by atoms with Crippen LogP contribution in [0.1, 0.15) is 36.0 Å². The van der Waals surface area contributed by atoms with Crippen LogP contribution in [-0.2, 0) is 10.0 Å². The molecular formula is C15H19ClN2O3S. The van der Waals surface area contributed by atoms with Crippen LogP contribution < -0.4 is 10.0 Å². The molecule has 2 bridgehead atoms. The summed E-state index contributed by atoms with van der Waals surface area (Å²) in [6, 6.07) is 4.80. The summed E-state index contributed by atoms with van der Waals surface area (Å²) in [5.74, 6) is 1.17. The Kier molecular flexibility index (Phi) is 4.07. The summed E-state index contributed by atoms with van der Waals surface area (Å²) in [7, 11) is -3.36. The van der Waals surface area contributed by atoms with Crippen LogP contribution in [0.15, 0.2) is 18.2 Å². The van der Waals surface area contributed by atoms with Gasteiger partial charge in [0.1, 0.15) is 0 Å². The predicted octanol–water partition coefficient (Wildman–Crippen LogP) is 2.63. The number of hydrogen-bond acceptors (Lipinski definition) is 3. The van der Waals surface area contributed by atoms with Crippen LogP contribution in [-0.4, -0.2) is 26.6 Å². The molecule has 0 aliphatic heterocycles. The van der Waals surface area contributed by atoms with Gasteiger partial charge in [-0.2, -0.15) is 0 Å². The fourth-order valence-corrected chi connectivity index (χ4v) is 4.47. The molecule has 1 aromatic carbocycles. The first-order chi connectivity index (χ1) is 10.3. The largest absolute Gasteiger partial charge is 0.349 e. The zero-order valence-electron chi connectivity index (χ0n) is 12.3. The maximum Gasteiger partial charge on any atom is 0.253 e. The number of sulfonamides is 1. The Labute approximate surface area is 135 Å². The summed E-state index contributed by atoms with van der Waals surface area (Å²) < 4.78 is 24.7. The van der Waals surface area contributed by atoms with Crippen molar-refractivity contribution in [3.05, 3.63) is 28.8 Å². The van der Waals surface area contributed by atoms with E-state index in [0.717, 1.165) is 18.6 Å². The molecule has 0 spiro atoms. The number of nitrogens with one attached hydrogen (secondary N) is 2. The monoisotopic (exact) mass is 342 g/mol. The molecule has 0 aromatic heterocycles. The van der Waals surface area contributed by atoms with Crippen LogP contribution in [0.3, 0.4) is 0 Å². The summed E-state index contributed by atoms with van der Waals surface area (Å²) in [4.78, 5) is 12.4. The van der Waals surface area contributed by atoms with Crippen LogP contribution in [0.2, 0.25) is 5.02 Å². The Balaban J connectivity index is 1.70. The molecule has 7 heteroatoms. The quantitative estimate of drug-likeness (QED) is 0.883. The first-order valence-electron chi connectivity index (χ1n) is 7.40. The van der Waals surface area contributed by atoms with Crippen molar-refractivity contribution in [3.8, 4) is 0 Å². The molecule has 3 atom stereocenters. The van der Waals surface area contributed by atoms with E-state index < -0.39 is 10.0 Å². The Hall–Kier alpha value is -1.27. The van der Waals surface area contributed by atoms with Crippen LogP contribution >= 0.6 is 11.6 Å². The van der Waals surface area contributed by atoms with E-state index in [1.807, 2.05) is 0 Å². The van der Waals surface area contributed by atoms with E-state index >= 15 is 0 Å². The van der Waals surface area contributed by atoms with E-state index in [4.69, 9.17) is 11.6 Å². The molecule has 5 nitrogen and oxygen atoms in total. The summed E-state index contributed by atoms with van der Waals surface area (Å²) in [6.07, 6.45) is 5.82. The summed E-state index contributed by atoms with van der Waals surface area (Å²) in [6.45, 7) is 0. The third-order valence-corrected chi connectivity index (χ3v) is 5.49. The van der Waals surface area contributed by atoms with Gasteiger partial charge in [0.25, 0.3) is 5.91 Å².